The third-order valence-electron chi connectivity index (χ3n) is 5.16. The normalized spacial score (nSPS) is 14.2. The highest BCUT2D eigenvalue weighted by atomic mass is 16.5. The third-order valence-corrected chi connectivity index (χ3v) is 5.16. The van der Waals surface area contributed by atoms with Crippen LogP contribution in [0.25, 0.3) is 11.1 Å². The molecular formula is C22H24N2O6. The van der Waals surface area contributed by atoms with Gasteiger partial charge < -0.3 is 25.6 Å². The molecule has 0 radical (unpaired) electrons. The number of carbonyl (C=O) groups excluding carboxylic acids is 2. The summed E-state index contributed by atoms with van der Waals surface area (Å²) in [6, 6.07) is 13.5. The number of carboxylic acid groups (broad SMARTS) is 1. The van der Waals surface area contributed by atoms with Crippen molar-refractivity contribution in [2.24, 2.45) is 0 Å². The SMILES string of the molecule is CC[C@H](NC(=O)OCC1c2ccccc2-c2ccccc21)C(=O)NC(CO)C(=O)O. The first-order chi connectivity index (χ1) is 14.5. The molecule has 3 rings (SSSR count). The van der Waals surface area contributed by atoms with Gasteiger partial charge in [-0.15, -0.1) is 0 Å². The molecule has 30 heavy (non-hydrogen) atoms. The molecule has 1 aliphatic rings. The number of aliphatic hydroxyl groups is 1. The lowest BCUT2D eigenvalue weighted by Crippen LogP contribution is -2.52. The van der Waals surface area contributed by atoms with Gasteiger partial charge in [0, 0.05) is 5.92 Å². The van der Waals surface area contributed by atoms with Crippen LogP contribution in [0.15, 0.2) is 48.5 Å². The number of hydrogen-bond donors (Lipinski definition) is 4. The summed E-state index contributed by atoms with van der Waals surface area (Å²) in [7, 11) is 0. The predicted octanol–water partition coefficient (Wildman–Crippen LogP) is 1.87. The Morgan fingerprint density at radius 3 is 2.03 bits per heavy atom. The fourth-order valence-electron chi connectivity index (χ4n) is 3.59. The van der Waals surface area contributed by atoms with Gasteiger partial charge in [-0.2, -0.15) is 0 Å². The van der Waals surface area contributed by atoms with Crippen molar-refractivity contribution in [1.82, 2.24) is 10.6 Å². The lowest BCUT2D eigenvalue weighted by atomic mass is 9.98. The number of rotatable bonds is 8. The van der Waals surface area contributed by atoms with Crippen molar-refractivity contribution in [2.45, 2.75) is 31.3 Å². The molecular weight excluding hydrogens is 388 g/mol. The summed E-state index contributed by atoms with van der Waals surface area (Å²) in [6.07, 6.45) is -0.539. The Hall–Kier alpha value is -3.39. The van der Waals surface area contributed by atoms with Gasteiger partial charge >= 0.3 is 12.1 Å². The second-order valence-electron chi connectivity index (χ2n) is 7.01. The molecule has 0 aromatic heterocycles. The van der Waals surface area contributed by atoms with E-state index in [9.17, 15) is 14.4 Å². The van der Waals surface area contributed by atoms with E-state index < -0.39 is 36.7 Å². The maximum atomic E-state index is 12.3. The van der Waals surface area contributed by atoms with E-state index in [4.69, 9.17) is 14.9 Å². The lowest BCUT2D eigenvalue weighted by molar-refractivity contribution is -0.143. The van der Waals surface area contributed by atoms with Gasteiger partial charge in [0.15, 0.2) is 0 Å². The first-order valence-electron chi connectivity index (χ1n) is 9.71. The van der Waals surface area contributed by atoms with Crippen LogP contribution in [-0.2, 0) is 14.3 Å². The van der Waals surface area contributed by atoms with Crippen LogP contribution < -0.4 is 10.6 Å². The molecule has 158 valence electrons. The zero-order chi connectivity index (χ0) is 21.7. The summed E-state index contributed by atoms with van der Waals surface area (Å²) in [5.74, 6) is -2.17. The molecule has 2 atom stereocenters. The first kappa shape index (κ1) is 21.3. The fraction of sp³-hybridized carbons (Fsp3) is 0.318. The van der Waals surface area contributed by atoms with Crippen LogP contribution in [0.2, 0.25) is 0 Å². The van der Waals surface area contributed by atoms with Crippen molar-refractivity contribution in [3.63, 3.8) is 0 Å². The number of carbonyl (C=O) groups is 3. The number of amides is 2. The van der Waals surface area contributed by atoms with Crippen LogP contribution in [0.1, 0.15) is 30.4 Å². The van der Waals surface area contributed by atoms with Crippen LogP contribution in [-0.4, -0.2) is 53.5 Å². The highest BCUT2D eigenvalue weighted by Gasteiger charge is 2.30. The number of nitrogens with one attached hydrogen (secondary N) is 2. The zero-order valence-corrected chi connectivity index (χ0v) is 16.5. The van der Waals surface area contributed by atoms with Crippen molar-refractivity contribution in [1.29, 1.82) is 0 Å². The van der Waals surface area contributed by atoms with E-state index >= 15 is 0 Å². The molecule has 0 heterocycles. The minimum Gasteiger partial charge on any atom is -0.480 e. The first-order valence-corrected chi connectivity index (χ1v) is 9.71. The molecule has 8 heteroatoms. The Morgan fingerprint density at radius 2 is 1.53 bits per heavy atom. The number of aliphatic carboxylic acids is 1. The van der Waals surface area contributed by atoms with Crippen molar-refractivity contribution >= 4 is 18.0 Å². The molecule has 2 aromatic carbocycles. The van der Waals surface area contributed by atoms with Crippen LogP contribution in [0.5, 0.6) is 0 Å². The Labute approximate surface area is 173 Å². The Morgan fingerprint density at radius 1 is 0.967 bits per heavy atom. The van der Waals surface area contributed by atoms with Crippen LogP contribution in [0, 0.1) is 0 Å². The summed E-state index contributed by atoms with van der Waals surface area (Å²) in [4.78, 5) is 35.5. The Bertz CT molecular complexity index is 899. The molecule has 8 nitrogen and oxygen atoms in total. The minimum absolute atomic E-state index is 0.103. The van der Waals surface area contributed by atoms with Crippen LogP contribution in [0.3, 0.4) is 0 Å². The molecule has 0 spiro atoms. The molecule has 1 aliphatic carbocycles. The summed E-state index contributed by atoms with van der Waals surface area (Å²) in [5, 5.41) is 22.6. The topological polar surface area (TPSA) is 125 Å². The van der Waals surface area contributed by atoms with Gasteiger partial charge in [-0.1, -0.05) is 55.5 Å². The number of aliphatic hydroxyl groups excluding tert-OH is 1. The highest BCUT2D eigenvalue weighted by molar-refractivity contribution is 5.89. The largest absolute Gasteiger partial charge is 0.480 e. The van der Waals surface area contributed by atoms with Crippen LogP contribution in [0.4, 0.5) is 4.79 Å². The van der Waals surface area contributed by atoms with E-state index in [0.717, 1.165) is 22.3 Å². The number of hydrogen-bond acceptors (Lipinski definition) is 5. The van der Waals surface area contributed by atoms with Gasteiger partial charge in [0.1, 0.15) is 18.7 Å². The zero-order valence-electron chi connectivity index (χ0n) is 16.5. The van der Waals surface area contributed by atoms with Crippen molar-refractivity contribution in [3.8, 4) is 11.1 Å². The second kappa shape index (κ2) is 9.41. The van der Waals surface area contributed by atoms with E-state index in [1.807, 2.05) is 48.5 Å². The van der Waals surface area contributed by atoms with Crippen molar-refractivity contribution in [2.75, 3.05) is 13.2 Å². The van der Waals surface area contributed by atoms with Gasteiger partial charge in [0.2, 0.25) is 5.91 Å². The van der Waals surface area contributed by atoms with Crippen molar-refractivity contribution in [3.05, 3.63) is 59.7 Å². The molecule has 1 unspecified atom stereocenters. The minimum atomic E-state index is -1.43. The third kappa shape index (κ3) is 4.44. The quantitative estimate of drug-likeness (QED) is 0.525. The molecule has 2 amide bonds. The summed E-state index contributed by atoms with van der Waals surface area (Å²) in [6.45, 7) is 1.03. The Balaban J connectivity index is 1.63. The number of fused-ring (bicyclic) bond motifs is 3. The second-order valence-corrected chi connectivity index (χ2v) is 7.01. The molecule has 0 saturated carbocycles. The number of carboxylic acids is 1. The average molecular weight is 412 g/mol. The van der Waals surface area contributed by atoms with Gasteiger partial charge in [0.05, 0.1) is 6.61 Å². The molecule has 0 fully saturated rings. The van der Waals surface area contributed by atoms with Gasteiger partial charge in [-0.05, 0) is 28.7 Å². The number of alkyl carbamates (subject to hydrolysis) is 1. The number of benzene rings is 2. The average Bonchev–Trinajstić information content (AvgIpc) is 3.07. The van der Waals surface area contributed by atoms with E-state index in [1.165, 1.54) is 0 Å². The smallest absolute Gasteiger partial charge is 0.407 e. The van der Waals surface area contributed by atoms with E-state index in [1.54, 1.807) is 6.92 Å². The number of ether oxygens (including phenoxy) is 1. The Kier molecular flexibility index (Phi) is 6.68. The molecule has 0 bridgehead atoms. The molecule has 4 N–H and O–H groups in total. The van der Waals surface area contributed by atoms with Gasteiger partial charge in [0.25, 0.3) is 0 Å². The van der Waals surface area contributed by atoms with Gasteiger partial charge in [-0.25, -0.2) is 9.59 Å². The summed E-state index contributed by atoms with van der Waals surface area (Å²) < 4.78 is 5.41. The summed E-state index contributed by atoms with van der Waals surface area (Å²) >= 11 is 0. The van der Waals surface area contributed by atoms with Gasteiger partial charge in [-0.3, -0.25) is 4.79 Å². The van der Waals surface area contributed by atoms with E-state index in [0.29, 0.717) is 0 Å². The monoisotopic (exact) mass is 412 g/mol. The van der Waals surface area contributed by atoms with Crippen molar-refractivity contribution < 1.29 is 29.3 Å². The molecule has 0 aliphatic heterocycles. The molecule has 2 aromatic rings. The van der Waals surface area contributed by atoms with E-state index in [-0.39, 0.29) is 18.9 Å². The van der Waals surface area contributed by atoms with Crippen LogP contribution >= 0.6 is 0 Å². The lowest BCUT2D eigenvalue weighted by Gasteiger charge is -2.20. The standard InChI is InChI=1S/C22H24N2O6/c1-2-18(20(26)23-19(11-25)21(27)28)24-22(29)30-12-17-15-9-5-3-7-13(15)14-8-4-6-10-16(14)17/h3-10,17-19,25H,2,11-12H2,1H3,(H,23,26)(H,24,29)(H,27,28)/t18-,19?/m0/s1. The maximum absolute atomic E-state index is 12.3. The molecule has 0 saturated heterocycles. The van der Waals surface area contributed by atoms with E-state index in [2.05, 4.69) is 10.6 Å². The highest BCUT2D eigenvalue weighted by Crippen LogP contribution is 2.44. The fourth-order valence-corrected chi connectivity index (χ4v) is 3.59. The predicted molar refractivity (Wildman–Crippen MR) is 109 cm³/mol. The summed E-state index contributed by atoms with van der Waals surface area (Å²) in [5.41, 5.74) is 4.36. The maximum Gasteiger partial charge on any atom is 0.407 e.